The molecule has 0 radical (unpaired) electrons. The number of anilines is 1. The van der Waals surface area contributed by atoms with Gasteiger partial charge in [0.2, 0.25) is 6.20 Å². The normalized spacial score (nSPS) is 21.0. The summed E-state index contributed by atoms with van der Waals surface area (Å²) in [6.45, 7) is 3.61. The maximum absolute atomic E-state index is 12.5. The first kappa shape index (κ1) is 15.3. The Morgan fingerprint density at radius 2 is 2.04 bits per heavy atom. The minimum atomic E-state index is -0.155. The number of hydrogen-bond donors (Lipinski definition) is 1. The second-order valence-electron chi connectivity index (χ2n) is 6.33. The molecule has 120 valence electrons. The number of pyridine rings is 1. The van der Waals surface area contributed by atoms with E-state index >= 15 is 0 Å². The Morgan fingerprint density at radius 3 is 2.78 bits per heavy atom. The summed E-state index contributed by atoms with van der Waals surface area (Å²) in [5, 5.41) is 14.1. The monoisotopic (exact) mass is 311 g/mol. The largest absolute Gasteiger partial charge is 0.619 e. The molecule has 1 aliphatic heterocycles. The number of aromatic nitrogens is 1. The zero-order valence-electron chi connectivity index (χ0n) is 13.2. The fourth-order valence-electron chi connectivity index (χ4n) is 3.22. The molecule has 1 N–H and O–H groups in total. The Labute approximate surface area is 136 Å². The van der Waals surface area contributed by atoms with Crippen molar-refractivity contribution in [3.05, 3.63) is 65.6 Å². The Balaban J connectivity index is 1.72. The predicted molar refractivity (Wildman–Crippen MR) is 89.0 cm³/mol. The highest BCUT2D eigenvalue weighted by Gasteiger charge is 2.34. The van der Waals surface area contributed by atoms with Gasteiger partial charge < -0.3 is 15.4 Å². The smallest absolute Gasteiger partial charge is 0.322 e. The second kappa shape index (κ2) is 6.28. The van der Waals surface area contributed by atoms with Crippen LogP contribution in [0.15, 0.2) is 54.9 Å². The molecule has 1 unspecified atom stereocenters. The lowest BCUT2D eigenvalue weighted by Crippen LogP contribution is -2.48. The first-order valence-corrected chi connectivity index (χ1v) is 7.87. The van der Waals surface area contributed by atoms with Crippen LogP contribution in [-0.4, -0.2) is 24.0 Å². The molecule has 0 spiro atoms. The maximum atomic E-state index is 12.5. The van der Waals surface area contributed by atoms with Crippen molar-refractivity contribution in [2.24, 2.45) is 0 Å². The molecule has 3 rings (SSSR count). The van der Waals surface area contributed by atoms with E-state index in [0.29, 0.717) is 17.0 Å². The van der Waals surface area contributed by atoms with Crippen LogP contribution in [0.25, 0.3) is 0 Å². The standard InChI is InChI=1S/C18H21N3O2/c1-18(15-7-3-2-4-8-15)10-6-11-20(14-18)17(22)19-16-9-5-12-21(23)13-16/h2-5,7-9,12-13H,6,10-11,14H2,1H3,(H,19,22). The van der Waals surface area contributed by atoms with Crippen molar-refractivity contribution in [1.82, 2.24) is 4.90 Å². The van der Waals surface area contributed by atoms with Crippen LogP contribution >= 0.6 is 0 Å². The number of amides is 2. The summed E-state index contributed by atoms with van der Waals surface area (Å²) in [4.78, 5) is 14.3. The zero-order valence-corrected chi connectivity index (χ0v) is 13.2. The minimum Gasteiger partial charge on any atom is -0.619 e. The van der Waals surface area contributed by atoms with E-state index in [9.17, 15) is 10.0 Å². The number of rotatable bonds is 2. The first-order valence-electron chi connectivity index (χ1n) is 7.87. The molecule has 0 bridgehead atoms. The molecular formula is C18H21N3O2. The highest BCUT2D eigenvalue weighted by atomic mass is 16.5. The van der Waals surface area contributed by atoms with E-state index < -0.39 is 0 Å². The Hall–Kier alpha value is -2.56. The third-order valence-corrected chi connectivity index (χ3v) is 4.48. The number of likely N-dealkylation sites (tertiary alicyclic amines) is 1. The SMILES string of the molecule is CC1(c2ccccc2)CCCN(C(=O)Nc2ccc[n+]([O-])c2)C1. The Kier molecular flexibility index (Phi) is 4.19. The molecule has 0 saturated carbocycles. The van der Waals surface area contributed by atoms with E-state index in [1.165, 1.54) is 18.0 Å². The summed E-state index contributed by atoms with van der Waals surface area (Å²) in [5.41, 5.74) is 1.74. The number of urea groups is 1. The van der Waals surface area contributed by atoms with Gasteiger partial charge in [0.05, 0.1) is 0 Å². The van der Waals surface area contributed by atoms with Gasteiger partial charge in [0.1, 0.15) is 5.69 Å². The minimum absolute atomic E-state index is 0.0357. The van der Waals surface area contributed by atoms with Crippen LogP contribution < -0.4 is 10.0 Å². The molecular weight excluding hydrogens is 290 g/mol. The lowest BCUT2D eigenvalue weighted by atomic mass is 9.76. The number of carbonyl (C=O) groups is 1. The van der Waals surface area contributed by atoms with Crippen LogP contribution in [0, 0.1) is 5.21 Å². The van der Waals surface area contributed by atoms with E-state index in [2.05, 4.69) is 24.4 Å². The highest BCUT2D eigenvalue weighted by Crippen LogP contribution is 2.33. The van der Waals surface area contributed by atoms with E-state index in [1.54, 1.807) is 12.1 Å². The molecule has 1 aromatic heterocycles. The number of hydrogen-bond acceptors (Lipinski definition) is 2. The Morgan fingerprint density at radius 1 is 1.26 bits per heavy atom. The molecule has 1 atom stereocenters. The lowest BCUT2D eigenvalue weighted by molar-refractivity contribution is -0.604. The van der Waals surface area contributed by atoms with Crippen LogP contribution in [0.4, 0.5) is 10.5 Å². The van der Waals surface area contributed by atoms with Crippen molar-refractivity contribution in [2.75, 3.05) is 18.4 Å². The maximum Gasteiger partial charge on any atom is 0.322 e. The first-order chi connectivity index (χ1) is 11.1. The quantitative estimate of drug-likeness (QED) is 0.685. The molecule has 2 heterocycles. The number of nitrogens with zero attached hydrogens (tertiary/aromatic N) is 2. The fraction of sp³-hybridized carbons (Fsp3) is 0.333. The molecule has 2 amide bonds. The van der Waals surface area contributed by atoms with Crippen molar-refractivity contribution in [2.45, 2.75) is 25.2 Å². The molecule has 1 aromatic carbocycles. The number of piperidine rings is 1. The topological polar surface area (TPSA) is 59.3 Å². The van der Waals surface area contributed by atoms with Gasteiger partial charge in [-0.15, -0.1) is 0 Å². The molecule has 1 aliphatic rings. The van der Waals surface area contributed by atoms with Crippen molar-refractivity contribution in [3.63, 3.8) is 0 Å². The van der Waals surface area contributed by atoms with Crippen LogP contribution in [0.2, 0.25) is 0 Å². The summed E-state index contributed by atoms with van der Waals surface area (Å²) in [7, 11) is 0. The van der Waals surface area contributed by atoms with Gasteiger partial charge in [-0.05, 0) is 24.5 Å². The average molecular weight is 311 g/mol. The zero-order chi connectivity index (χ0) is 16.3. The van der Waals surface area contributed by atoms with Gasteiger partial charge >= 0.3 is 6.03 Å². The molecule has 23 heavy (non-hydrogen) atoms. The molecule has 5 nitrogen and oxygen atoms in total. The summed E-state index contributed by atoms with van der Waals surface area (Å²) < 4.78 is 0.680. The van der Waals surface area contributed by atoms with Crippen LogP contribution in [-0.2, 0) is 5.41 Å². The molecule has 2 aromatic rings. The predicted octanol–water partition coefficient (Wildman–Crippen LogP) is 2.91. The van der Waals surface area contributed by atoms with Gasteiger partial charge in [-0.3, -0.25) is 0 Å². The van der Waals surface area contributed by atoms with Crippen molar-refractivity contribution in [1.29, 1.82) is 0 Å². The number of carbonyl (C=O) groups excluding carboxylic acids is 1. The van der Waals surface area contributed by atoms with Crippen molar-refractivity contribution in [3.8, 4) is 0 Å². The molecule has 1 saturated heterocycles. The van der Waals surface area contributed by atoms with E-state index in [1.807, 2.05) is 23.1 Å². The van der Waals surface area contributed by atoms with Crippen molar-refractivity contribution < 1.29 is 9.52 Å². The highest BCUT2D eigenvalue weighted by molar-refractivity contribution is 5.89. The summed E-state index contributed by atoms with van der Waals surface area (Å²) in [6, 6.07) is 13.5. The summed E-state index contributed by atoms with van der Waals surface area (Å²) in [6.07, 6.45) is 4.78. The van der Waals surface area contributed by atoms with E-state index in [0.717, 1.165) is 19.4 Å². The van der Waals surface area contributed by atoms with Gasteiger partial charge in [0, 0.05) is 24.6 Å². The molecule has 0 aliphatic carbocycles. The molecule has 5 heteroatoms. The Bertz CT molecular complexity index is 690. The van der Waals surface area contributed by atoms with Gasteiger partial charge in [-0.2, -0.15) is 4.73 Å². The van der Waals surface area contributed by atoms with E-state index in [4.69, 9.17) is 0 Å². The average Bonchev–Trinajstić information content (AvgIpc) is 2.56. The second-order valence-corrected chi connectivity index (χ2v) is 6.33. The number of benzene rings is 1. The lowest BCUT2D eigenvalue weighted by Gasteiger charge is -2.40. The third-order valence-electron chi connectivity index (χ3n) is 4.48. The third kappa shape index (κ3) is 3.44. The van der Waals surface area contributed by atoms with Gasteiger partial charge in [-0.1, -0.05) is 37.3 Å². The summed E-state index contributed by atoms with van der Waals surface area (Å²) >= 11 is 0. The fourth-order valence-corrected chi connectivity index (χ4v) is 3.22. The van der Waals surface area contributed by atoms with Crippen LogP contribution in [0.1, 0.15) is 25.3 Å². The molecule has 1 fully saturated rings. The summed E-state index contributed by atoms with van der Waals surface area (Å²) in [5.74, 6) is 0. The van der Waals surface area contributed by atoms with E-state index in [-0.39, 0.29) is 11.4 Å². The number of nitrogens with one attached hydrogen (secondary N) is 1. The van der Waals surface area contributed by atoms with Crippen LogP contribution in [0.5, 0.6) is 0 Å². The van der Waals surface area contributed by atoms with Gasteiger partial charge in [0.25, 0.3) is 0 Å². The van der Waals surface area contributed by atoms with Crippen LogP contribution in [0.3, 0.4) is 0 Å². The van der Waals surface area contributed by atoms with Crippen molar-refractivity contribution >= 4 is 11.7 Å². The van der Waals surface area contributed by atoms with Gasteiger partial charge in [0.15, 0.2) is 6.20 Å². The van der Waals surface area contributed by atoms with Gasteiger partial charge in [-0.25, -0.2) is 4.79 Å².